The van der Waals surface area contributed by atoms with Gasteiger partial charge in [0.1, 0.15) is 28.7 Å². The molecule has 0 aliphatic rings. The van der Waals surface area contributed by atoms with E-state index < -0.39 is 29.0 Å². The third-order valence-electron chi connectivity index (χ3n) is 3.82. The SMILES string of the molecule is CCOC(=O)c1c(C=O)nc(-c2c(F)cccc2F)nc1Nc1ccc(Cl)cc1. The van der Waals surface area contributed by atoms with Crippen LogP contribution >= 0.6 is 11.6 Å². The van der Waals surface area contributed by atoms with E-state index in [1.165, 1.54) is 6.07 Å². The highest BCUT2D eigenvalue weighted by Gasteiger charge is 2.25. The number of aldehydes is 1. The molecule has 0 bridgehead atoms. The summed E-state index contributed by atoms with van der Waals surface area (Å²) < 4.78 is 33.4. The fraction of sp³-hybridized carbons (Fsp3) is 0.100. The van der Waals surface area contributed by atoms with Crippen molar-refractivity contribution in [3.8, 4) is 11.4 Å². The molecule has 2 aromatic carbocycles. The minimum atomic E-state index is -0.914. The summed E-state index contributed by atoms with van der Waals surface area (Å²) in [6.07, 6.45) is 0.295. The second kappa shape index (κ2) is 8.74. The predicted molar refractivity (Wildman–Crippen MR) is 103 cm³/mol. The van der Waals surface area contributed by atoms with E-state index in [-0.39, 0.29) is 23.7 Å². The van der Waals surface area contributed by atoms with Gasteiger partial charge in [-0.25, -0.2) is 23.5 Å². The number of ether oxygens (including phenoxy) is 1. The van der Waals surface area contributed by atoms with Crippen LogP contribution in [0.15, 0.2) is 42.5 Å². The van der Waals surface area contributed by atoms with Gasteiger partial charge in [-0.3, -0.25) is 4.79 Å². The van der Waals surface area contributed by atoms with Crippen molar-refractivity contribution < 1.29 is 23.1 Å². The van der Waals surface area contributed by atoms with E-state index in [0.717, 1.165) is 12.1 Å². The predicted octanol–water partition coefficient (Wildman–Crippen LogP) is 4.81. The molecule has 0 saturated carbocycles. The lowest BCUT2D eigenvalue weighted by Crippen LogP contribution is -2.15. The molecule has 9 heteroatoms. The topological polar surface area (TPSA) is 81.2 Å². The second-order valence-corrected chi connectivity index (χ2v) is 6.16. The molecule has 0 unspecified atom stereocenters. The Morgan fingerprint density at radius 1 is 1.14 bits per heavy atom. The average molecular weight is 418 g/mol. The molecule has 3 rings (SSSR count). The fourth-order valence-electron chi connectivity index (χ4n) is 2.55. The van der Waals surface area contributed by atoms with Crippen molar-refractivity contribution >= 4 is 35.4 Å². The van der Waals surface area contributed by atoms with Crippen LogP contribution in [0.3, 0.4) is 0 Å². The number of hydrogen-bond acceptors (Lipinski definition) is 6. The number of benzene rings is 2. The maximum absolute atomic E-state index is 14.2. The normalized spacial score (nSPS) is 10.5. The second-order valence-electron chi connectivity index (χ2n) is 5.72. The van der Waals surface area contributed by atoms with Crippen LogP contribution in [-0.2, 0) is 4.74 Å². The van der Waals surface area contributed by atoms with E-state index in [2.05, 4.69) is 15.3 Å². The standard InChI is InChI=1S/C20H14ClF2N3O3/c1-2-29-20(28)17-15(10-27)25-18(16-13(22)4-3-5-14(16)23)26-19(17)24-12-8-6-11(21)7-9-12/h3-10H,2H2,1H3,(H,24,25,26). The lowest BCUT2D eigenvalue weighted by Gasteiger charge is -2.14. The summed E-state index contributed by atoms with van der Waals surface area (Å²) in [5.74, 6) is -3.22. The molecule has 0 amide bonds. The highest BCUT2D eigenvalue weighted by molar-refractivity contribution is 6.30. The molecule has 148 valence electrons. The highest BCUT2D eigenvalue weighted by Crippen LogP contribution is 2.29. The van der Waals surface area contributed by atoms with E-state index in [1.807, 2.05) is 0 Å². The smallest absolute Gasteiger partial charge is 0.344 e. The van der Waals surface area contributed by atoms with E-state index in [1.54, 1.807) is 31.2 Å². The molecule has 0 atom stereocenters. The van der Waals surface area contributed by atoms with Crippen molar-refractivity contribution in [1.29, 1.82) is 0 Å². The Balaban J connectivity index is 2.22. The first kappa shape index (κ1) is 20.3. The molecule has 0 radical (unpaired) electrons. The lowest BCUT2D eigenvalue weighted by atomic mass is 10.1. The number of hydrogen-bond donors (Lipinski definition) is 1. The molecule has 0 spiro atoms. The molecule has 1 heterocycles. The monoisotopic (exact) mass is 417 g/mol. The lowest BCUT2D eigenvalue weighted by molar-refractivity contribution is 0.0524. The first-order chi connectivity index (χ1) is 13.9. The Morgan fingerprint density at radius 3 is 2.38 bits per heavy atom. The summed E-state index contributed by atoms with van der Waals surface area (Å²) in [4.78, 5) is 32.0. The van der Waals surface area contributed by atoms with Gasteiger partial charge >= 0.3 is 5.97 Å². The Bertz CT molecular complexity index is 1060. The summed E-state index contributed by atoms with van der Waals surface area (Å²) in [6.45, 7) is 1.63. The van der Waals surface area contributed by atoms with Gasteiger partial charge in [0.05, 0.1) is 12.2 Å². The van der Waals surface area contributed by atoms with E-state index in [4.69, 9.17) is 16.3 Å². The Labute approximate surface area is 169 Å². The van der Waals surface area contributed by atoms with Gasteiger partial charge in [-0.2, -0.15) is 0 Å². The Morgan fingerprint density at radius 2 is 1.79 bits per heavy atom. The van der Waals surface area contributed by atoms with Gasteiger partial charge in [-0.05, 0) is 43.3 Å². The van der Waals surface area contributed by atoms with Gasteiger partial charge in [0, 0.05) is 10.7 Å². The van der Waals surface area contributed by atoms with Crippen molar-refractivity contribution in [1.82, 2.24) is 9.97 Å². The summed E-state index contributed by atoms with van der Waals surface area (Å²) in [7, 11) is 0. The molecule has 1 aromatic heterocycles. The highest BCUT2D eigenvalue weighted by atomic mass is 35.5. The van der Waals surface area contributed by atoms with E-state index >= 15 is 0 Å². The summed E-state index contributed by atoms with van der Waals surface area (Å²) in [5, 5.41) is 3.33. The quantitative estimate of drug-likeness (QED) is 0.458. The molecule has 0 fully saturated rings. The number of halogens is 3. The first-order valence-corrected chi connectivity index (χ1v) is 8.83. The molecule has 0 aliphatic carbocycles. The van der Waals surface area contributed by atoms with Crippen LogP contribution in [0.4, 0.5) is 20.3 Å². The zero-order valence-electron chi connectivity index (χ0n) is 15.1. The van der Waals surface area contributed by atoms with Crippen molar-refractivity contribution in [3.05, 3.63) is 70.4 Å². The molecule has 1 N–H and O–H groups in total. The number of carbonyl (C=O) groups is 2. The third kappa shape index (κ3) is 4.38. The number of rotatable bonds is 6. The molecule has 29 heavy (non-hydrogen) atoms. The van der Waals surface area contributed by atoms with Gasteiger partial charge in [0.25, 0.3) is 0 Å². The third-order valence-corrected chi connectivity index (χ3v) is 4.07. The zero-order chi connectivity index (χ0) is 21.0. The van der Waals surface area contributed by atoms with Gasteiger partial charge in [0.2, 0.25) is 0 Å². The van der Waals surface area contributed by atoms with Gasteiger partial charge in [-0.1, -0.05) is 17.7 Å². The molecule has 3 aromatic rings. The first-order valence-electron chi connectivity index (χ1n) is 8.46. The maximum Gasteiger partial charge on any atom is 0.344 e. The molecule has 6 nitrogen and oxygen atoms in total. The van der Waals surface area contributed by atoms with Crippen LogP contribution in [-0.4, -0.2) is 28.8 Å². The molecular weight excluding hydrogens is 404 g/mol. The minimum Gasteiger partial charge on any atom is -0.462 e. The van der Waals surface area contributed by atoms with E-state index in [0.29, 0.717) is 17.0 Å². The zero-order valence-corrected chi connectivity index (χ0v) is 15.8. The summed E-state index contributed by atoms with van der Waals surface area (Å²) >= 11 is 5.87. The van der Waals surface area contributed by atoms with Crippen LogP contribution in [0.1, 0.15) is 27.8 Å². The largest absolute Gasteiger partial charge is 0.462 e. The van der Waals surface area contributed by atoms with Crippen LogP contribution < -0.4 is 5.32 Å². The number of aromatic nitrogens is 2. The van der Waals surface area contributed by atoms with E-state index in [9.17, 15) is 18.4 Å². The minimum absolute atomic E-state index is 0.0429. The summed E-state index contributed by atoms with van der Waals surface area (Å²) in [6, 6.07) is 9.64. The molecular formula is C20H14ClF2N3O3. The van der Waals surface area contributed by atoms with Crippen molar-refractivity contribution in [2.75, 3.05) is 11.9 Å². The number of nitrogens with zero attached hydrogens (tertiary/aromatic N) is 2. The summed E-state index contributed by atoms with van der Waals surface area (Å²) in [5.41, 5.74) is -0.675. The van der Waals surface area contributed by atoms with Crippen LogP contribution in [0, 0.1) is 11.6 Å². The van der Waals surface area contributed by atoms with Gasteiger partial charge in [0.15, 0.2) is 12.1 Å². The fourth-order valence-corrected chi connectivity index (χ4v) is 2.68. The van der Waals surface area contributed by atoms with Crippen molar-refractivity contribution in [2.45, 2.75) is 6.92 Å². The van der Waals surface area contributed by atoms with Gasteiger partial charge < -0.3 is 10.1 Å². The molecule has 0 saturated heterocycles. The Kier molecular flexibility index (Phi) is 6.13. The maximum atomic E-state index is 14.2. The number of carbonyl (C=O) groups excluding carboxylic acids is 2. The van der Waals surface area contributed by atoms with Crippen LogP contribution in [0.2, 0.25) is 5.02 Å². The Hall–Kier alpha value is -3.39. The van der Waals surface area contributed by atoms with Crippen molar-refractivity contribution in [3.63, 3.8) is 0 Å². The van der Waals surface area contributed by atoms with Crippen LogP contribution in [0.5, 0.6) is 0 Å². The van der Waals surface area contributed by atoms with Gasteiger partial charge in [-0.15, -0.1) is 0 Å². The van der Waals surface area contributed by atoms with Crippen molar-refractivity contribution in [2.24, 2.45) is 0 Å². The average Bonchev–Trinajstić information content (AvgIpc) is 2.69. The molecule has 0 aliphatic heterocycles. The number of anilines is 2. The van der Waals surface area contributed by atoms with Crippen LogP contribution in [0.25, 0.3) is 11.4 Å². The number of esters is 1. The number of nitrogens with one attached hydrogen (secondary N) is 1.